The number of nitrogens with one attached hydrogen (secondary N) is 1. The third-order valence-corrected chi connectivity index (χ3v) is 5.42. The van der Waals surface area contributed by atoms with E-state index in [-0.39, 0.29) is 11.3 Å². The first kappa shape index (κ1) is 22.4. The number of ketones is 1. The van der Waals surface area contributed by atoms with Crippen molar-refractivity contribution in [2.45, 2.75) is 19.9 Å². The van der Waals surface area contributed by atoms with Gasteiger partial charge in [-0.1, -0.05) is 0 Å². The lowest BCUT2D eigenvalue weighted by atomic mass is 9.94. The van der Waals surface area contributed by atoms with E-state index in [1.807, 2.05) is 19.0 Å². The van der Waals surface area contributed by atoms with E-state index in [9.17, 15) is 14.7 Å². The second-order valence-electron chi connectivity index (χ2n) is 7.71. The van der Waals surface area contributed by atoms with Crippen LogP contribution in [0.4, 0.5) is 0 Å². The van der Waals surface area contributed by atoms with Crippen LogP contribution < -0.4 is 9.47 Å². The third-order valence-electron chi connectivity index (χ3n) is 5.42. The number of hydrogen-bond donors (Lipinski definition) is 2. The van der Waals surface area contributed by atoms with Crippen molar-refractivity contribution in [1.82, 2.24) is 20.0 Å². The number of H-pyrrole nitrogens is 1. The molecule has 31 heavy (non-hydrogen) atoms. The van der Waals surface area contributed by atoms with Gasteiger partial charge in [0.05, 0.1) is 37.1 Å². The minimum Gasteiger partial charge on any atom is -0.507 e. The molecule has 1 aliphatic heterocycles. The van der Waals surface area contributed by atoms with Crippen molar-refractivity contribution in [2.24, 2.45) is 0 Å². The molecule has 2 aromatic rings. The molecular formula is C22H28N4O5. The number of aliphatic hydroxyl groups excluding tert-OH is 1. The third kappa shape index (κ3) is 4.00. The summed E-state index contributed by atoms with van der Waals surface area (Å²) in [6, 6.07) is 4.34. The van der Waals surface area contributed by atoms with Gasteiger partial charge in [-0.2, -0.15) is 5.10 Å². The van der Waals surface area contributed by atoms with E-state index in [2.05, 4.69) is 10.2 Å². The molecule has 1 aliphatic rings. The number of aromatic nitrogens is 2. The van der Waals surface area contributed by atoms with Gasteiger partial charge >= 0.3 is 0 Å². The van der Waals surface area contributed by atoms with Crippen LogP contribution in [-0.4, -0.2) is 78.2 Å². The highest BCUT2D eigenvalue weighted by atomic mass is 16.5. The summed E-state index contributed by atoms with van der Waals surface area (Å²) in [7, 11) is 6.82. The minimum absolute atomic E-state index is 0.00269. The van der Waals surface area contributed by atoms with Crippen LogP contribution in [0.1, 0.15) is 28.6 Å². The maximum Gasteiger partial charge on any atom is 0.295 e. The summed E-state index contributed by atoms with van der Waals surface area (Å²) in [5.41, 5.74) is 2.11. The van der Waals surface area contributed by atoms with Gasteiger partial charge in [0.15, 0.2) is 0 Å². The fourth-order valence-corrected chi connectivity index (χ4v) is 3.83. The van der Waals surface area contributed by atoms with Crippen molar-refractivity contribution < 1.29 is 24.2 Å². The number of likely N-dealkylation sites (tertiary alicyclic amines) is 1. The average Bonchev–Trinajstić information content (AvgIpc) is 3.21. The van der Waals surface area contributed by atoms with Crippen LogP contribution in [0.3, 0.4) is 0 Å². The van der Waals surface area contributed by atoms with Gasteiger partial charge in [0.25, 0.3) is 11.7 Å². The normalized spacial score (nSPS) is 18.2. The van der Waals surface area contributed by atoms with Gasteiger partial charge in [-0.05, 0) is 46.1 Å². The Labute approximate surface area is 181 Å². The van der Waals surface area contributed by atoms with Gasteiger partial charge in [0.2, 0.25) is 0 Å². The van der Waals surface area contributed by atoms with E-state index >= 15 is 0 Å². The molecule has 0 spiro atoms. The van der Waals surface area contributed by atoms with Crippen LogP contribution in [0.25, 0.3) is 5.76 Å². The molecule has 1 amide bonds. The van der Waals surface area contributed by atoms with Crippen LogP contribution in [0.5, 0.6) is 11.5 Å². The highest BCUT2D eigenvalue weighted by Crippen LogP contribution is 2.44. The van der Waals surface area contributed by atoms with Gasteiger partial charge in [0, 0.05) is 24.3 Å². The summed E-state index contributed by atoms with van der Waals surface area (Å²) >= 11 is 0. The predicted octanol–water partition coefficient (Wildman–Crippen LogP) is 2.03. The summed E-state index contributed by atoms with van der Waals surface area (Å²) in [6.07, 6.45) is 0. The summed E-state index contributed by atoms with van der Waals surface area (Å²) in [4.78, 5) is 29.5. The average molecular weight is 428 g/mol. The second kappa shape index (κ2) is 8.81. The van der Waals surface area contributed by atoms with Crippen LogP contribution in [0, 0.1) is 13.8 Å². The monoisotopic (exact) mass is 428 g/mol. The number of amides is 1. The Hall–Kier alpha value is -3.33. The molecule has 1 saturated heterocycles. The fraction of sp³-hybridized carbons (Fsp3) is 0.409. The number of rotatable bonds is 7. The molecule has 1 aromatic heterocycles. The molecule has 1 aromatic carbocycles. The van der Waals surface area contributed by atoms with E-state index in [4.69, 9.17) is 9.47 Å². The number of Topliss-reactive ketones (excluding diaryl/α,β-unsaturated/α-hetero) is 1. The standard InChI is InChI=1S/C22H28N4O5/c1-12-17(13(2)24-23-12)20(27)18-19(15-11-14(30-5)7-8-16(15)31-6)26(10-9-25(3)4)22(29)21(18)28/h7-8,11,19,27H,9-10H2,1-6H3,(H,23,24)/b20-18+/t19-/m1/s1. The SMILES string of the molecule is COc1ccc(OC)c([C@@H]2/C(=C(\O)c3c(C)n[nH]c3C)C(=O)C(=O)N2CCN(C)C)c1. The second-order valence-corrected chi connectivity index (χ2v) is 7.71. The Kier molecular flexibility index (Phi) is 6.35. The van der Waals surface area contributed by atoms with E-state index in [0.29, 0.717) is 47.1 Å². The number of carbonyl (C=O) groups excluding carboxylic acids is 2. The number of likely N-dealkylation sites (N-methyl/N-ethyl adjacent to an activating group) is 1. The number of carbonyl (C=O) groups is 2. The molecule has 2 N–H and O–H groups in total. The lowest BCUT2D eigenvalue weighted by molar-refractivity contribution is -0.140. The molecule has 3 rings (SSSR count). The number of hydrogen-bond acceptors (Lipinski definition) is 7. The quantitative estimate of drug-likeness (QED) is 0.395. The predicted molar refractivity (Wildman–Crippen MR) is 115 cm³/mol. The lowest BCUT2D eigenvalue weighted by Gasteiger charge is -2.28. The molecule has 0 bridgehead atoms. The van der Waals surface area contributed by atoms with Crippen molar-refractivity contribution in [3.05, 3.63) is 46.3 Å². The topological polar surface area (TPSA) is 108 Å². The van der Waals surface area contributed by atoms with Crippen molar-refractivity contribution in [1.29, 1.82) is 0 Å². The summed E-state index contributed by atoms with van der Waals surface area (Å²) in [6.45, 7) is 4.31. The molecule has 0 aliphatic carbocycles. The minimum atomic E-state index is -0.835. The maximum absolute atomic E-state index is 13.1. The maximum atomic E-state index is 13.1. The highest BCUT2D eigenvalue weighted by Gasteiger charge is 2.47. The Bertz CT molecular complexity index is 1020. The summed E-state index contributed by atoms with van der Waals surface area (Å²) < 4.78 is 10.9. The summed E-state index contributed by atoms with van der Waals surface area (Å²) in [5.74, 6) is -0.647. The van der Waals surface area contributed by atoms with Crippen LogP contribution in [0.15, 0.2) is 23.8 Å². The summed E-state index contributed by atoms with van der Waals surface area (Å²) in [5, 5.41) is 18.1. The number of aliphatic hydroxyl groups is 1. The number of ether oxygens (including phenoxy) is 2. The van der Waals surface area contributed by atoms with Crippen LogP contribution >= 0.6 is 0 Å². The van der Waals surface area contributed by atoms with Gasteiger partial charge in [0.1, 0.15) is 17.3 Å². The molecule has 9 nitrogen and oxygen atoms in total. The zero-order chi connectivity index (χ0) is 22.9. The van der Waals surface area contributed by atoms with E-state index < -0.39 is 17.7 Å². The molecular weight excluding hydrogens is 400 g/mol. The van der Waals surface area contributed by atoms with E-state index in [0.717, 1.165) is 0 Å². The molecule has 1 atom stereocenters. The smallest absolute Gasteiger partial charge is 0.295 e. The zero-order valence-electron chi connectivity index (χ0n) is 18.6. The van der Waals surface area contributed by atoms with Gasteiger partial charge in [-0.25, -0.2) is 0 Å². The number of aryl methyl sites for hydroxylation is 2. The number of nitrogens with zero attached hydrogens (tertiary/aromatic N) is 3. The van der Waals surface area contributed by atoms with Gasteiger partial charge in [-0.15, -0.1) is 0 Å². The number of benzene rings is 1. The molecule has 2 heterocycles. The van der Waals surface area contributed by atoms with Crippen molar-refractivity contribution in [2.75, 3.05) is 41.4 Å². The highest BCUT2D eigenvalue weighted by molar-refractivity contribution is 6.46. The fourth-order valence-electron chi connectivity index (χ4n) is 3.83. The molecule has 0 radical (unpaired) electrons. The van der Waals surface area contributed by atoms with Gasteiger partial charge < -0.3 is 24.4 Å². The van der Waals surface area contributed by atoms with Crippen LogP contribution in [0.2, 0.25) is 0 Å². The molecule has 166 valence electrons. The molecule has 0 saturated carbocycles. The molecule has 9 heteroatoms. The van der Waals surface area contributed by atoms with Crippen molar-refractivity contribution in [3.63, 3.8) is 0 Å². The lowest BCUT2D eigenvalue weighted by Crippen LogP contribution is -2.35. The first-order valence-electron chi connectivity index (χ1n) is 9.88. The van der Waals surface area contributed by atoms with Crippen molar-refractivity contribution >= 4 is 17.4 Å². The Morgan fingerprint density at radius 3 is 2.48 bits per heavy atom. The van der Waals surface area contributed by atoms with Gasteiger partial charge in [-0.3, -0.25) is 14.7 Å². The number of methoxy groups -OCH3 is 2. The Morgan fingerprint density at radius 2 is 1.94 bits per heavy atom. The first-order chi connectivity index (χ1) is 14.7. The Balaban J connectivity index is 2.28. The van der Waals surface area contributed by atoms with E-state index in [1.165, 1.54) is 19.1 Å². The molecule has 0 unspecified atom stereocenters. The number of aromatic amines is 1. The van der Waals surface area contributed by atoms with E-state index in [1.54, 1.807) is 32.0 Å². The molecule has 1 fully saturated rings. The Morgan fingerprint density at radius 1 is 1.23 bits per heavy atom. The first-order valence-corrected chi connectivity index (χ1v) is 9.88. The van der Waals surface area contributed by atoms with Crippen LogP contribution in [-0.2, 0) is 9.59 Å². The zero-order valence-corrected chi connectivity index (χ0v) is 18.6. The van der Waals surface area contributed by atoms with Crippen molar-refractivity contribution in [3.8, 4) is 11.5 Å². The largest absolute Gasteiger partial charge is 0.507 e.